The van der Waals surface area contributed by atoms with E-state index >= 15 is 0 Å². The van der Waals surface area contributed by atoms with Gasteiger partial charge in [0.1, 0.15) is 0 Å². The fraction of sp³-hybridized carbons (Fsp3) is 0.571. The molecule has 0 radical (unpaired) electrons. The molecule has 0 nitrogen and oxygen atoms in total. The van der Waals surface area contributed by atoms with Crippen LogP contribution in [0.5, 0.6) is 0 Å². The van der Waals surface area contributed by atoms with E-state index in [0.717, 1.165) is 17.8 Å². The van der Waals surface area contributed by atoms with E-state index in [4.69, 9.17) is 0 Å². The highest BCUT2D eigenvalue weighted by Gasteiger charge is 2.38. The van der Waals surface area contributed by atoms with E-state index in [1.807, 2.05) is 0 Å². The molecular formula is C14H20. The van der Waals surface area contributed by atoms with Crippen LogP contribution in [0.4, 0.5) is 0 Å². The standard InChI is InChI=1S/C14H20/c1-3-13(14-9-11(14)2)10-12-7-5-4-6-8-12/h4-8,11,13-14H,3,9-10H2,1-2H3. The zero-order valence-electron chi connectivity index (χ0n) is 9.24. The van der Waals surface area contributed by atoms with Crippen LogP contribution in [-0.4, -0.2) is 0 Å². The predicted octanol–water partition coefficient (Wildman–Crippen LogP) is 3.91. The van der Waals surface area contributed by atoms with Crippen LogP contribution < -0.4 is 0 Å². The Morgan fingerprint density at radius 2 is 1.93 bits per heavy atom. The van der Waals surface area contributed by atoms with Crippen molar-refractivity contribution in [3.63, 3.8) is 0 Å². The molecule has 1 aromatic rings. The molecule has 0 saturated heterocycles. The summed E-state index contributed by atoms with van der Waals surface area (Å²) in [7, 11) is 0. The number of hydrogen-bond donors (Lipinski definition) is 0. The second-order valence-electron chi connectivity index (χ2n) is 4.73. The van der Waals surface area contributed by atoms with Crippen molar-refractivity contribution in [2.75, 3.05) is 0 Å². The Morgan fingerprint density at radius 3 is 2.43 bits per heavy atom. The van der Waals surface area contributed by atoms with Crippen molar-refractivity contribution in [3.8, 4) is 0 Å². The van der Waals surface area contributed by atoms with Crippen LogP contribution in [-0.2, 0) is 6.42 Å². The predicted molar refractivity (Wildman–Crippen MR) is 61.2 cm³/mol. The summed E-state index contributed by atoms with van der Waals surface area (Å²) >= 11 is 0. The van der Waals surface area contributed by atoms with E-state index < -0.39 is 0 Å². The summed E-state index contributed by atoms with van der Waals surface area (Å²) in [4.78, 5) is 0. The molecule has 1 aliphatic rings. The van der Waals surface area contributed by atoms with Gasteiger partial charge in [0.15, 0.2) is 0 Å². The number of rotatable bonds is 4. The molecule has 14 heavy (non-hydrogen) atoms. The van der Waals surface area contributed by atoms with E-state index in [2.05, 4.69) is 44.2 Å². The van der Waals surface area contributed by atoms with Crippen molar-refractivity contribution >= 4 is 0 Å². The summed E-state index contributed by atoms with van der Waals surface area (Å²) in [5.74, 6) is 2.93. The monoisotopic (exact) mass is 188 g/mol. The van der Waals surface area contributed by atoms with Gasteiger partial charge in [0.25, 0.3) is 0 Å². The second-order valence-corrected chi connectivity index (χ2v) is 4.73. The maximum Gasteiger partial charge on any atom is -0.0248 e. The van der Waals surface area contributed by atoms with E-state index in [-0.39, 0.29) is 0 Å². The third-order valence-electron chi connectivity index (χ3n) is 3.64. The molecule has 1 saturated carbocycles. The average molecular weight is 188 g/mol. The molecule has 0 amide bonds. The Balaban J connectivity index is 1.95. The lowest BCUT2D eigenvalue weighted by Crippen LogP contribution is -2.06. The van der Waals surface area contributed by atoms with Crippen molar-refractivity contribution in [2.24, 2.45) is 17.8 Å². The number of hydrogen-bond acceptors (Lipinski definition) is 0. The van der Waals surface area contributed by atoms with Gasteiger partial charge in [0, 0.05) is 0 Å². The molecular weight excluding hydrogens is 168 g/mol. The third kappa shape index (κ3) is 2.17. The van der Waals surface area contributed by atoms with Crippen molar-refractivity contribution < 1.29 is 0 Å². The van der Waals surface area contributed by atoms with Gasteiger partial charge in [0.05, 0.1) is 0 Å². The third-order valence-corrected chi connectivity index (χ3v) is 3.64. The average Bonchev–Trinajstić information content (AvgIpc) is 2.93. The zero-order chi connectivity index (χ0) is 9.97. The van der Waals surface area contributed by atoms with Gasteiger partial charge in [-0.15, -0.1) is 0 Å². The van der Waals surface area contributed by atoms with E-state index in [9.17, 15) is 0 Å². The molecule has 1 aliphatic carbocycles. The van der Waals surface area contributed by atoms with E-state index in [0.29, 0.717) is 0 Å². The normalized spacial score (nSPS) is 27.3. The van der Waals surface area contributed by atoms with E-state index in [1.54, 1.807) is 0 Å². The van der Waals surface area contributed by atoms with Crippen LogP contribution in [0.2, 0.25) is 0 Å². The molecule has 0 aromatic heterocycles. The molecule has 0 aliphatic heterocycles. The van der Waals surface area contributed by atoms with Gasteiger partial charge in [-0.25, -0.2) is 0 Å². The molecule has 0 N–H and O–H groups in total. The van der Waals surface area contributed by atoms with Crippen molar-refractivity contribution in [3.05, 3.63) is 35.9 Å². The van der Waals surface area contributed by atoms with Crippen molar-refractivity contribution in [1.82, 2.24) is 0 Å². The lowest BCUT2D eigenvalue weighted by atomic mass is 9.91. The van der Waals surface area contributed by atoms with Crippen LogP contribution in [0.1, 0.15) is 32.3 Å². The van der Waals surface area contributed by atoms with Gasteiger partial charge in [-0.1, -0.05) is 50.6 Å². The van der Waals surface area contributed by atoms with Crippen molar-refractivity contribution in [2.45, 2.75) is 33.1 Å². The Kier molecular flexibility index (Phi) is 2.90. The van der Waals surface area contributed by atoms with Crippen molar-refractivity contribution in [1.29, 1.82) is 0 Å². The number of benzene rings is 1. The molecule has 0 heterocycles. The Hall–Kier alpha value is -0.780. The van der Waals surface area contributed by atoms with Gasteiger partial charge in [-0.3, -0.25) is 0 Å². The quantitative estimate of drug-likeness (QED) is 0.672. The van der Waals surface area contributed by atoms with Gasteiger partial charge in [0.2, 0.25) is 0 Å². The maximum atomic E-state index is 2.39. The molecule has 1 aromatic carbocycles. The minimum Gasteiger partial charge on any atom is -0.0651 e. The minimum atomic E-state index is 0.924. The highest BCUT2D eigenvalue weighted by atomic mass is 14.4. The SMILES string of the molecule is CCC(Cc1ccccc1)C1CC1C. The fourth-order valence-corrected chi connectivity index (χ4v) is 2.52. The molecule has 0 spiro atoms. The van der Waals surface area contributed by atoms with Crippen LogP contribution in [0, 0.1) is 17.8 Å². The lowest BCUT2D eigenvalue weighted by molar-refractivity contribution is 0.425. The zero-order valence-corrected chi connectivity index (χ0v) is 9.24. The highest BCUT2D eigenvalue weighted by molar-refractivity contribution is 5.15. The Bertz CT molecular complexity index is 275. The largest absolute Gasteiger partial charge is 0.0651 e. The summed E-state index contributed by atoms with van der Waals surface area (Å²) in [6.07, 6.45) is 4.08. The first-order chi connectivity index (χ1) is 6.81. The molecule has 0 heteroatoms. The lowest BCUT2D eigenvalue weighted by Gasteiger charge is -2.14. The summed E-state index contributed by atoms with van der Waals surface area (Å²) in [6.45, 7) is 4.72. The topological polar surface area (TPSA) is 0 Å². The molecule has 76 valence electrons. The Labute approximate surface area is 87.3 Å². The summed E-state index contributed by atoms with van der Waals surface area (Å²) < 4.78 is 0. The molecule has 3 atom stereocenters. The summed E-state index contributed by atoms with van der Waals surface area (Å²) in [5.41, 5.74) is 1.51. The first-order valence-electron chi connectivity index (χ1n) is 5.85. The van der Waals surface area contributed by atoms with Crippen LogP contribution in [0.15, 0.2) is 30.3 Å². The molecule has 1 fully saturated rings. The Morgan fingerprint density at radius 1 is 1.29 bits per heavy atom. The smallest absolute Gasteiger partial charge is 0.0248 e. The fourth-order valence-electron chi connectivity index (χ4n) is 2.52. The highest BCUT2D eigenvalue weighted by Crippen LogP contribution is 2.46. The van der Waals surface area contributed by atoms with Gasteiger partial charge in [-0.05, 0) is 36.2 Å². The molecule has 3 unspecified atom stereocenters. The van der Waals surface area contributed by atoms with Crippen LogP contribution in [0.3, 0.4) is 0 Å². The minimum absolute atomic E-state index is 0.924. The van der Waals surface area contributed by atoms with Gasteiger partial charge < -0.3 is 0 Å². The summed E-state index contributed by atoms with van der Waals surface area (Å²) in [5, 5.41) is 0. The molecule has 0 bridgehead atoms. The first kappa shape index (κ1) is 9.76. The van der Waals surface area contributed by atoms with Crippen LogP contribution >= 0.6 is 0 Å². The first-order valence-corrected chi connectivity index (χ1v) is 5.85. The van der Waals surface area contributed by atoms with Gasteiger partial charge in [-0.2, -0.15) is 0 Å². The van der Waals surface area contributed by atoms with Gasteiger partial charge >= 0.3 is 0 Å². The summed E-state index contributed by atoms with van der Waals surface area (Å²) in [6, 6.07) is 10.9. The maximum absolute atomic E-state index is 2.39. The van der Waals surface area contributed by atoms with Crippen LogP contribution in [0.25, 0.3) is 0 Å². The van der Waals surface area contributed by atoms with E-state index in [1.165, 1.54) is 24.8 Å². The second kappa shape index (κ2) is 4.16. The molecule has 2 rings (SSSR count).